The van der Waals surface area contributed by atoms with E-state index in [4.69, 9.17) is 4.74 Å². The van der Waals surface area contributed by atoms with E-state index in [1.54, 1.807) is 44.7 Å². The zero-order valence-electron chi connectivity index (χ0n) is 33.3. The molecule has 0 atom stereocenters. The Morgan fingerprint density at radius 2 is 1.80 bits per heavy atom. The van der Waals surface area contributed by atoms with Gasteiger partial charge in [0, 0.05) is 80.8 Å². The van der Waals surface area contributed by atoms with Crippen LogP contribution in [-0.4, -0.2) is 102 Å². The van der Waals surface area contributed by atoms with Gasteiger partial charge in [-0.1, -0.05) is 6.92 Å². The molecule has 2 fully saturated rings. The molecule has 0 unspecified atom stereocenters. The van der Waals surface area contributed by atoms with Gasteiger partial charge < -0.3 is 48.7 Å². The quantitative estimate of drug-likeness (QED) is 0.124. The van der Waals surface area contributed by atoms with Crippen LogP contribution in [-0.2, 0) is 18.2 Å². The third kappa shape index (κ3) is 8.98. The van der Waals surface area contributed by atoms with Gasteiger partial charge in [-0.15, -0.1) is 0 Å². The van der Waals surface area contributed by atoms with Gasteiger partial charge >= 0.3 is 6.09 Å². The van der Waals surface area contributed by atoms with Gasteiger partial charge in [-0.25, -0.2) is 19.7 Å². The van der Waals surface area contributed by atoms with Gasteiger partial charge in [-0.3, -0.25) is 13.9 Å². The predicted octanol–water partition coefficient (Wildman–Crippen LogP) is 3.40. The second kappa shape index (κ2) is 16.5. The molecule has 2 aliphatic heterocycles. The van der Waals surface area contributed by atoms with Crippen LogP contribution in [0.2, 0.25) is 0 Å². The lowest BCUT2D eigenvalue weighted by Gasteiger charge is -2.47. The zero-order chi connectivity index (χ0) is 39.1. The summed E-state index contributed by atoms with van der Waals surface area (Å²) in [5, 5.41) is 10.9. The summed E-state index contributed by atoms with van der Waals surface area (Å²) in [5.41, 5.74) is 5.34. The van der Waals surface area contributed by atoms with E-state index in [0.29, 0.717) is 58.8 Å². The molecule has 2 aliphatic rings. The van der Waals surface area contributed by atoms with E-state index in [-0.39, 0.29) is 36.0 Å². The first-order valence-corrected chi connectivity index (χ1v) is 19.2. The van der Waals surface area contributed by atoms with Gasteiger partial charge in [0.2, 0.25) is 5.95 Å². The summed E-state index contributed by atoms with van der Waals surface area (Å²) in [6, 6.07) is 9.20. The molecule has 7 rings (SSSR count). The summed E-state index contributed by atoms with van der Waals surface area (Å²) in [5.74, 6) is 0.757. The van der Waals surface area contributed by atoms with Crippen molar-refractivity contribution in [1.82, 2.24) is 39.3 Å². The summed E-state index contributed by atoms with van der Waals surface area (Å²) < 4.78 is 25.4. The summed E-state index contributed by atoms with van der Waals surface area (Å²) in [4.78, 5) is 41.0. The van der Waals surface area contributed by atoms with E-state index in [2.05, 4.69) is 37.7 Å². The number of pyridine rings is 1. The summed E-state index contributed by atoms with van der Waals surface area (Å²) in [6.45, 7) is 14.9. The van der Waals surface area contributed by atoms with Crippen LogP contribution in [0.25, 0.3) is 28.2 Å². The number of imidazole rings is 1. The second-order valence-electron chi connectivity index (χ2n) is 16.5. The number of nitrogens with one attached hydrogen (secondary N) is 2. The van der Waals surface area contributed by atoms with Crippen molar-refractivity contribution in [2.45, 2.75) is 59.5 Å². The molecule has 2 N–H and O–H groups in total. The molecule has 0 spiro atoms. The van der Waals surface area contributed by atoms with Gasteiger partial charge in [-0.2, -0.15) is 9.49 Å². The maximum absolute atomic E-state index is 15.5. The molecule has 1 aromatic carbocycles. The van der Waals surface area contributed by atoms with E-state index in [1.807, 2.05) is 66.1 Å². The number of amides is 2. The first-order chi connectivity index (χ1) is 26.2. The molecule has 298 valence electrons. The Kier molecular flexibility index (Phi) is 12.0. The molecule has 0 saturated carbocycles. The Labute approximate surface area is 344 Å². The summed E-state index contributed by atoms with van der Waals surface area (Å²) >= 11 is 0. The number of anilines is 2. The van der Waals surface area contributed by atoms with Crippen LogP contribution in [0.4, 0.5) is 20.7 Å². The van der Waals surface area contributed by atoms with Gasteiger partial charge in [0.25, 0.3) is 5.91 Å². The summed E-state index contributed by atoms with van der Waals surface area (Å²) in [6.07, 6.45) is 9.39. The van der Waals surface area contributed by atoms with Gasteiger partial charge in [-0.05, 0) is 75.9 Å². The molecule has 0 aliphatic carbocycles. The van der Waals surface area contributed by atoms with Crippen molar-refractivity contribution < 1.29 is 47.2 Å². The SMILES string of the molecule is CCc1cc(Nc2nccn3c(-c4ccc(-c5cn(C)nc5C)nc4F)cnc23)ccc1C(=O)NCC1CC[N+](C)(CC2CN(C(=O)OC(C)(C)C)C2)CC1.[I-]. The number of likely N-dealkylation sites (tertiary alicyclic amines) is 2. The molecule has 56 heavy (non-hydrogen) atoms. The number of halogens is 2. The fourth-order valence-corrected chi connectivity index (χ4v) is 7.90. The first kappa shape index (κ1) is 41.0. The predicted molar refractivity (Wildman–Crippen MR) is 209 cm³/mol. The monoisotopic (exact) mass is 878 g/mol. The third-order valence-electron chi connectivity index (χ3n) is 10.8. The number of fused-ring (bicyclic) bond motifs is 1. The average Bonchev–Trinajstić information content (AvgIpc) is 3.71. The number of carbonyl (C=O) groups excluding carboxylic acids is 2. The van der Waals surface area contributed by atoms with Crippen molar-refractivity contribution in [2.75, 3.05) is 51.6 Å². The molecule has 2 amide bonds. The van der Waals surface area contributed by atoms with Crippen molar-refractivity contribution in [2.24, 2.45) is 18.9 Å². The fraction of sp³-hybridized carbons (Fsp3) is 0.463. The molecular formula is C41H52FIN10O3. The van der Waals surface area contributed by atoms with Crippen LogP contribution < -0.4 is 34.6 Å². The Morgan fingerprint density at radius 3 is 2.46 bits per heavy atom. The Balaban J connectivity index is 0.00000532. The van der Waals surface area contributed by atoms with Crippen LogP contribution in [0.3, 0.4) is 0 Å². The maximum Gasteiger partial charge on any atom is 0.410 e. The smallest absolute Gasteiger partial charge is 0.410 e. The van der Waals surface area contributed by atoms with Crippen LogP contribution in [0, 0.1) is 24.7 Å². The molecule has 2 saturated heterocycles. The van der Waals surface area contributed by atoms with E-state index in [9.17, 15) is 9.59 Å². The molecule has 15 heteroatoms. The van der Waals surface area contributed by atoms with E-state index < -0.39 is 11.5 Å². The highest BCUT2D eigenvalue weighted by molar-refractivity contribution is 5.96. The third-order valence-corrected chi connectivity index (χ3v) is 10.8. The van der Waals surface area contributed by atoms with Crippen molar-refractivity contribution in [1.29, 1.82) is 0 Å². The molecule has 4 aromatic heterocycles. The Hall–Kier alpha value is -4.64. The number of hydrogen-bond donors (Lipinski definition) is 2. The number of aryl methyl sites for hydroxylation is 3. The number of rotatable bonds is 10. The van der Waals surface area contributed by atoms with Crippen LogP contribution in [0.1, 0.15) is 62.2 Å². The van der Waals surface area contributed by atoms with Crippen molar-refractivity contribution in [3.63, 3.8) is 0 Å². The van der Waals surface area contributed by atoms with Crippen LogP contribution >= 0.6 is 0 Å². The molecule has 0 bridgehead atoms. The van der Waals surface area contributed by atoms with Gasteiger partial charge in [0.05, 0.1) is 55.5 Å². The normalized spacial score (nSPS) is 18.6. The van der Waals surface area contributed by atoms with Gasteiger partial charge in [0.1, 0.15) is 5.60 Å². The minimum Gasteiger partial charge on any atom is -1.00 e. The lowest BCUT2D eigenvalue weighted by atomic mass is 9.92. The molecular weight excluding hydrogens is 826 g/mol. The second-order valence-corrected chi connectivity index (χ2v) is 16.5. The van der Waals surface area contributed by atoms with Crippen molar-refractivity contribution in [3.8, 4) is 22.5 Å². The zero-order valence-corrected chi connectivity index (χ0v) is 35.4. The van der Waals surface area contributed by atoms with E-state index in [1.165, 1.54) is 0 Å². The Bertz CT molecular complexity index is 2220. The highest BCUT2D eigenvalue weighted by Crippen LogP contribution is 2.31. The lowest BCUT2D eigenvalue weighted by Crippen LogP contribution is -3.00. The van der Waals surface area contributed by atoms with Crippen molar-refractivity contribution >= 4 is 29.2 Å². The first-order valence-electron chi connectivity index (χ1n) is 19.2. The van der Waals surface area contributed by atoms with Crippen LogP contribution in [0.15, 0.2) is 55.1 Å². The highest BCUT2D eigenvalue weighted by atomic mass is 127. The number of aromatic nitrogens is 6. The Morgan fingerprint density at radius 1 is 1.05 bits per heavy atom. The number of piperidine rings is 1. The fourth-order valence-electron chi connectivity index (χ4n) is 7.90. The number of quaternary nitrogens is 1. The van der Waals surface area contributed by atoms with Crippen molar-refractivity contribution in [3.05, 3.63) is 77.9 Å². The van der Waals surface area contributed by atoms with Gasteiger partial charge in [0.15, 0.2) is 11.5 Å². The maximum atomic E-state index is 15.5. The minimum atomic E-state index is -0.602. The lowest BCUT2D eigenvalue weighted by molar-refractivity contribution is -0.918. The minimum absolute atomic E-state index is 0. The number of carbonyl (C=O) groups is 2. The van der Waals surface area contributed by atoms with E-state index in [0.717, 1.165) is 72.6 Å². The number of nitrogens with zero attached hydrogens (tertiary/aromatic N) is 8. The molecule has 5 aromatic rings. The number of ether oxygens (including phenoxy) is 1. The topological polar surface area (TPSA) is 132 Å². The van der Waals surface area contributed by atoms with Crippen LogP contribution in [0.5, 0.6) is 0 Å². The average molecular weight is 879 g/mol. The number of hydrogen-bond acceptors (Lipinski definition) is 8. The summed E-state index contributed by atoms with van der Waals surface area (Å²) in [7, 11) is 4.14. The molecule has 6 heterocycles. The number of benzene rings is 1. The standard InChI is InChI=1S/C41H51FN10O3.HI/c1-8-29-19-30(46-37-38-44-21-35(51(38)16-15-43-37)32-11-12-34(47-36(32)42)33-24-49(6)48-26(33)2)9-10-31(29)39(53)45-20-27-13-17-52(7,18-14-27)25-28-22-50(23-28)40(54)55-41(3,4)5;/h9-12,15-16,19,21,24,27-28H,8,13-14,17-18,20,22-23,25H2,1-7H3,(H-,43,45,46,53);1H. The van der Waals surface area contributed by atoms with E-state index >= 15 is 4.39 Å². The highest BCUT2D eigenvalue weighted by Gasteiger charge is 2.40. The molecule has 13 nitrogen and oxygen atoms in total. The largest absolute Gasteiger partial charge is 1.00 e. The molecule has 0 radical (unpaired) electrons.